The second-order valence-electron chi connectivity index (χ2n) is 13.1. The second-order valence-corrected chi connectivity index (χ2v) is 13.1. The highest BCUT2D eigenvalue weighted by molar-refractivity contribution is 5.84. The van der Waals surface area contributed by atoms with E-state index in [4.69, 9.17) is 143 Å². The number of rotatable bonds is 28. The summed E-state index contributed by atoms with van der Waals surface area (Å²) in [6, 6.07) is 0. The van der Waals surface area contributed by atoms with E-state index in [2.05, 4.69) is 0 Å². The zero-order chi connectivity index (χ0) is 55.2. The van der Waals surface area contributed by atoms with Crippen LogP contribution in [0.25, 0.3) is 0 Å². The molecule has 0 rings (SSSR count). The predicted molar refractivity (Wildman–Crippen MR) is 211 cm³/mol. The van der Waals surface area contributed by atoms with E-state index in [0.717, 1.165) is 0 Å². The Morgan fingerprint density at radius 2 is 0.426 bits per heavy atom. The quantitative estimate of drug-likeness (QED) is 0.0324. The molecule has 34 heteroatoms. The molecule has 0 aliphatic carbocycles. The first-order chi connectivity index (χ1) is 31.4. The first kappa shape index (κ1) is 76.4. The van der Waals surface area contributed by atoms with Crippen molar-refractivity contribution in [3.63, 3.8) is 0 Å². The minimum atomic E-state index is -1.86. The molecule has 0 fully saturated rings. The Labute approximate surface area is 383 Å². The van der Waals surface area contributed by atoms with Crippen LogP contribution >= 0.6 is 0 Å². The first-order valence-corrected chi connectivity index (χ1v) is 18.8. The van der Waals surface area contributed by atoms with Crippen molar-refractivity contribution in [1.29, 1.82) is 0 Å². The average Bonchev–Trinajstić information content (AvgIpc) is 3.38. The molecule has 34 nitrogen and oxygen atoms in total. The molecule has 0 heterocycles. The summed E-state index contributed by atoms with van der Waals surface area (Å²) < 4.78 is 0. The van der Waals surface area contributed by atoms with Gasteiger partial charge in [-0.25, -0.2) is 0 Å². The molecule has 0 spiro atoms. The van der Waals surface area contributed by atoms with Crippen molar-refractivity contribution >= 4 is 37.2 Å². The zero-order valence-electron chi connectivity index (χ0n) is 35.4. The third kappa shape index (κ3) is 33.4. The fraction of sp³-hybridized carbons (Fsp3) is 0.824. The molecule has 68 heavy (non-hydrogen) atoms. The molecular formula is C34H68O34. The maximum Gasteiger partial charge on any atom is 0.189 e. The van der Waals surface area contributed by atoms with Crippen LogP contribution in [0, 0.1) is 0 Å². The number of aliphatic hydroxyl groups is 28. The summed E-state index contributed by atoms with van der Waals surface area (Å²) in [6.45, 7) is -5.34. The van der Waals surface area contributed by atoms with Crippen LogP contribution < -0.4 is 0 Å². The maximum absolute atomic E-state index is 10.5. The maximum atomic E-state index is 10.5. The number of carbonyl (C=O) groups excluding carboxylic acids is 6. The van der Waals surface area contributed by atoms with E-state index in [1.807, 2.05) is 0 Å². The molecule has 0 aromatic rings. The highest BCUT2D eigenvalue weighted by Crippen LogP contribution is 2.05. The minimum Gasteiger partial charge on any atom is -0.394 e. The van der Waals surface area contributed by atoms with Gasteiger partial charge in [-0.1, -0.05) is 0 Å². The number of Topliss-reactive ketones (excluding diaryl/α,β-unsaturated/α-hetero) is 1. The molecular weight excluding hydrogens is 952 g/mol. The molecule has 21 atom stereocenters. The lowest BCUT2D eigenvalue weighted by Gasteiger charge is -2.22. The van der Waals surface area contributed by atoms with Crippen molar-refractivity contribution in [1.82, 2.24) is 0 Å². The topological polar surface area (TPSA) is 669 Å². The molecule has 408 valence electrons. The summed E-state index contributed by atoms with van der Waals surface area (Å²) in [7, 11) is 0. The molecule has 0 bridgehead atoms. The van der Waals surface area contributed by atoms with E-state index in [9.17, 15) is 28.8 Å². The van der Waals surface area contributed by atoms with Gasteiger partial charge in [-0.3, -0.25) is 4.79 Å². The van der Waals surface area contributed by atoms with Gasteiger partial charge in [-0.2, -0.15) is 0 Å². The van der Waals surface area contributed by atoms with Crippen molar-refractivity contribution in [3.05, 3.63) is 0 Å². The molecule has 0 saturated heterocycles. The van der Waals surface area contributed by atoms with Gasteiger partial charge in [-0.15, -0.1) is 0 Å². The Morgan fingerprint density at radius 1 is 0.265 bits per heavy atom. The highest BCUT2D eigenvalue weighted by Gasteiger charge is 2.32. The number of ketones is 1. The normalized spacial score (nSPS) is 20.2. The largest absolute Gasteiger partial charge is 0.394 e. The Hall–Kier alpha value is -3.10. The van der Waals surface area contributed by atoms with Crippen LogP contribution in [-0.2, 0) is 28.8 Å². The number of aldehydes is 5. The van der Waals surface area contributed by atoms with E-state index < -0.39 is 180 Å². The molecule has 0 saturated carbocycles. The Kier molecular flexibility index (Phi) is 50.6. The third-order valence-corrected chi connectivity index (χ3v) is 7.79. The van der Waals surface area contributed by atoms with Crippen LogP contribution in [0.4, 0.5) is 0 Å². The summed E-state index contributed by atoms with van der Waals surface area (Å²) in [5.74, 6) is -1.00. The van der Waals surface area contributed by atoms with Gasteiger partial charge in [0.05, 0.1) is 39.6 Å². The van der Waals surface area contributed by atoms with E-state index in [1.165, 1.54) is 0 Å². The standard InChI is InChI=1S/4C6H12O6.2C5H10O5/c4*7-1-3(9)5(11)6(12)4(10)2-8;2*6-1-3(8)5(10)4(9)2-7/h3,5-9,11-12H,1-2H2;3*1,3-6,8-12H,2H2;2*1,3-5,7-10H,2H2/t3-,5-,6-;3-,4+,5+,6+;3-,4+,5+,6-;3-,4-,5-,6-;3-,4+,5+;3-,4-,5+/m100101/s1. The zero-order valence-corrected chi connectivity index (χ0v) is 35.4. The van der Waals surface area contributed by atoms with Gasteiger partial charge in [0, 0.05) is 0 Å². The van der Waals surface area contributed by atoms with E-state index in [-0.39, 0.29) is 31.4 Å². The van der Waals surface area contributed by atoms with Crippen molar-refractivity contribution < 1.29 is 172 Å². The lowest BCUT2D eigenvalue weighted by atomic mass is 10.0. The smallest absolute Gasteiger partial charge is 0.189 e. The lowest BCUT2D eigenvalue weighted by Crippen LogP contribution is -2.46. The van der Waals surface area contributed by atoms with Crippen LogP contribution in [0.15, 0.2) is 0 Å². The summed E-state index contributed by atoms with van der Waals surface area (Å²) in [6.07, 6.45) is -35.0. The summed E-state index contributed by atoms with van der Waals surface area (Å²) >= 11 is 0. The molecule has 0 unspecified atom stereocenters. The van der Waals surface area contributed by atoms with Crippen LogP contribution in [0.2, 0.25) is 0 Å². The predicted octanol–water partition coefficient (Wildman–Crippen LogP) is -19.0. The monoisotopic (exact) mass is 1020 g/mol. The van der Waals surface area contributed by atoms with Crippen LogP contribution in [0.1, 0.15) is 0 Å². The van der Waals surface area contributed by atoms with Gasteiger partial charge in [0.15, 0.2) is 37.2 Å². The number of hydrogen-bond donors (Lipinski definition) is 28. The van der Waals surface area contributed by atoms with Gasteiger partial charge in [0.2, 0.25) is 0 Å². The van der Waals surface area contributed by atoms with Crippen LogP contribution in [0.3, 0.4) is 0 Å². The summed E-state index contributed by atoms with van der Waals surface area (Å²) in [5.41, 5.74) is 0. The second kappa shape index (κ2) is 45.1. The van der Waals surface area contributed by atoms with E-state index in [0.29, 0.717) is 0 Å². The molecule has 0 aliphatic rings. The summed E-state index contributed by atoms with van der Waals surface area (Å²) in [4.78, 5) is 59.7. The minimum absolute atomic E-state index is 0.0258. The first-order valence-electron chi connectivity index (χ1n) is 18.8. The molecule has 0 aromatic carbocycles. The lowest BCUT2D eigenvalue weighted by molar-refractivity contribution is -0.142. The van der Waals surface area contributed by atoms with Crippen molar-refractivity contribution in [3.8, 4) is 0 Å². The molecule has 0 amide bonds. The van der Waals surface area contributed by atoms with Gasteiger partial charge in [-0.05, 0) is 0 Å². The SMILES string of the molecule is O=C(CO)[C@@H](O)[C@H](O)[C@H](O)CO.O=C[C@@H](O)[C@@H](O)[C@H](O)[C@H](O)CO.O=C[C@@H](O)[C@H](O)[C@H](O)CO.O=C[C@H](O)[C@@H](O)[C@@H](O)[C@H](O)CO.O=C[C@H](O)[C@@H](O)[C@H](O)CO.O=C[C@H](O)[C@@H](O)[C@H](O)[C@H](O)CO. The number of hydrogen-bond acceptors (Lipinski definition) is 34. The van der Waals surface area contributed by atoms with E-state index >= 15 is 0 Å². The van der Waals surface area contributed by atoms with E-state index in [1.54, 1.807) is 0 Å². The molecule has 0 aromatic heterocycles. The molecule has 0 aliphatic heterocycles. The fourth-order valence-corrected chi connectivity index (χ4v) is 3.29. The Balaban J connectivity index is -0.000000170. The van der Waals surface area contributed by atoms with Crippen molar-refractivity contribution in [2.24, 2.45) is 0 Å². The van der Waals surface area contributed by atoms with Crippen molar-refractivity contribution in [2.75, 3.05) is 46.2 Å². The molecule has 28 N–H and O–H groups in total. The van der Waals surface area contributed by atoms with Crippen molar-refractivity contribution in [2.45, 2.75) is 128 Å². The van der Waals surface area contributed by atoms with Gasteiger partial charge >= 0.3 is 0 Å². The van der Waals surface area contributed by atoms with Crippen LogP contribution in [0.5, 0.6) is 0 Å². The average molecular weight is 1020 g/mol. The number of aliphatic hydroxyl groups excluding tert-OH is 28. The van der Waals surface area contributed by atoms with Gasteiger partial charge < -0.3 is 167 Å². The Bertz CT molecular complexity index is 1140. The Morgan fingerprint density at radius 3 is 0.588 bits per heavy atom. The highest BCUT2D eigenvalue weighted by atomic mass is 16.4. The van der Waals surface area contributed by atoms with Gasteiger partial charge in [0.25, 0.3) is 0 Å². The summed E-state index contributed by atoms with van der Waals surface area (Å²) in [5, 5.41) is 242. The fourth-order valence-electron chi connectivity index (χ4n) is 3.29. The van der Waals surface area contributed by atoms with Gasteiger partial charge in [0.1, 0.15) is 135 Å². The number of carbonyl (C=O) groups is 6. The third-order valence-electron chi connectivity index (χ3n) is 7.79. The van der Waals surface area contributed by atoms with Crippen LogP contribution in [-0.4, -0.2) is 355 Å². The molecule has 0 radical (unpaired) electrons.